The molecule has 0 saturated heterocycles. The summed E-state index contributed by atoms with van der Waals surface area (Å²) in [6.07, 6.45) is 0. The Balaban J connectivity index is 2.06. The molecule has 1 N–H and O–H groups in total. The largest absolute Gasteiger partial charge is 0.436 e. The zero-order valence-electron chi connectivity index (χ0n) is 10.5. The van der Waals surface area contributed by atoms with Gasteiger partial charge in [-0.15, -0.1) is 0 Å². The second-order valence-electron chi connectivity index (χ2n) is 4.24. The number of aromatic nitrogens is 1. The van der Waals surface area contributed by atoms with Crippen molar-refractivity contribution < 1.29 is 8.81 Å². The molecule has 19 heavy (non-hydrogen) atoms. The minimum Gasteiger partial charge on any atom is -0.436 e. The summed E-state index contributed by atoms with van der Waals surface area (Å²) in [6, 6.07) is 12.0. The fraction of sp³-hybridized carbons (Fsp3) is 0.133. The molecule has 3 rings (SSSR count). The van der Waals surface area contributed by atoms with Gasteiger partial charge in [-0.25, -0.2) is 9.37 Å². The van der Waals surface area contributed by atoms with Crippen LogP contribution in [-0.2, 0) is 0 Å². The monoisotopic (exact) mass is 256 g/mol. The smallest absolute Gasteiger partial charge is 0.227 e. The molecule has 3 aromatic rings. The summed E-state index contributed by atoms with van der Waals surface area (Å²) in [5.41, 5.74) is 3.09. The van der Waals surface area contributed by atoms with Gasteiger partial charge in [-0.05, 0) is 43.3 Å². The molecule has 96 valence electrons. The predicted molar refractivity (Wildman–Crippen MR) is 73.6 cm³/mol. The van der Waals surface area contributed by atoms with E-state index in [2.05, 4.69) is 10.3 Å². The Labute approximate surface area is 110 Å². The van der Waals surface area contributed by atoms with Gasteiger partial charge in [0, 0.05) is 17.8 Å². The zero-order chi connectivity index (χ0) is 13.2. The number of oxazole rings is 1. The van der Waals surface area contributed by atoms with Crippen LogP contribution in [0.5, 0.6) is 0 Å². The van der Waals surface area contributed by atoms with Crippen LogP contribution in [0, 0.1) is 5.82 Å². The third kappa shape index (κ3) is 2.29. The van der Waals surface area contributed by atoms with E-state index in [1.54, 1.807) is 12.1 Å². The molecule has 0 bridgehead atoms. The normalized spacial score (nSPS) is 10.8. The molecule has 0 amide bonds. The van der Waals surface area contributed by atoms with Gasteiger partial charge in [0.25, 0.3) is 0 Å². The number of nitrogens with one attached hydrogen (secondary N) is 1. The molecule has 0 aliphatic heterocycles. The van der Waals surface area contributed by atoms with Crippen LogP contribution in [0.4, 0.5) is 10.1 Å². The molecule has 0 aliphatic carbocycles. The van der Waals surface area contributed by atoms with Crippen LogP contribution in [0.1, 0.15) is 6.92 Å². The van der Waals surface area contributed by atoms with Gasteiger partial charge >= 0.3 is 0 Å². The van der Waals surface area contributed by atoms with Crippen LogP contribution in [0.2, 0.25) is 0 Å². The second kappa shape index (κ2) is 4.72. The number of halogens is 1. The van der Waals surface area contributed by atoms with Crippen molar-refractivity contribution in [2.75, 3.05) is 11.9 Å². The third-order valence-corrected chi connectivity index (χ3v) is 2.84. The summed E-state index contributed by atoms with van der Waals surface area (Å²) >= 11 is 0. The SMILES string of the molecule is CCNc1ccc2oc(-c3cccc(F)c3)nc2c1. The molecule has 1 heterocycles. The number of fused-ring (bicyclic) bond motifs is 1. The lowest BCUT2D eigenvalue weighted by molar-refractivity contribution is 0.611. The lowest BCUT2D eigenvalue weighted by Crippen LogP contribution is -1.95. The Morgan fingerprint density at radius 1 is 1.21 bits per heavy atom. The quantitative estimate of drug-likeness (QED) is 0.767. The molecular weight excluding hydrogens is 243 g/mol. The maximum Gasteiger partial charge on any atom is 0.227 e. The topological polar surface area (TPSA) is 38.1 Å². The molecule has 0 atom stereocenters. The van der Waals surface area contributed by atoms with E-state index in [1.165, 1.54) is 12.1 Å². The van der Waals surface area contributed by atoms with Crippen LogP contribution in [0.25, 0.3) is 22.6 Å². The fourth-order valence-electron chi connectivity index (χ4n) is 1.99. The van der Waals surface area contributed by atoms with Gasteiger partial charge in [-0.3, -0.25) is 0 Å². The van der Waals surface area contributed by atoms with Crippen LogP contribution < -0.4 is 5.32 Å². The Hall–Kier alpha value is -2.36. The van der Waals surface area contributed by atoms with Crippen molar-refractivity contribution in [1.82, 2.24) is 4.98 Å². The highest BCUT2D eigenvalue weighted by Gasteiger charge is 2.09. The lowest BCUT2D eigenvalue weighted by atomic mass is 10.2. The molecule has 0 unspecified atom stereocenters. The number of nitrogens with zero attached hydrogens (tertiary/aromatic N) is 1. The first-order chi connectivity index (χ1) is 9.26. The van der Waals surface area contributed by atoms with Crippen LogP contribution in [0.3, 0.4) is 0 Å². The van der Waals surface area contributed by atoms with Crippen LogP contribution in [-0.4, -0.2) is 11.5 Å². The Kier molecular flexibility index (Phi) is 2.91. The molecule has 3 nitrogen and oxygen atoms in total. The standard InChI is InChI=1S/C15H13FN2O/c1-2-17-12-6-7-14-13(9-12)18-15(19-14)10-4-3-5-11(16)8-10/h3-9,17H,2H2,1H3. The number of anilines is 1. The molecule has 0 fully saturated rings. The molecule has 0 spiro atoms. The van der Waals surface area contributed by atoms with Gasteiger partial charge < -0.3 is 9.73 Å². The molecule has 4 heteroatoms. The van der Waals surface area contributed by atoms with Crippen molar-refractivity contribution in [3.63, 3.8) is 0 Å². The Morgan fingerprint density at radius 3 is 2.89 bits per heavy atom. The van der Waals surface area contributed by atoms with Crippen molar-refractivity contribution in [3.8, 4) is 11.5 Å². The summed E-state index contributed by atoms with van der Waals surface area (Å²) in [6.45, 7) is 2.88. The lowest BCUT2D eigenvalue weighted by Gasteiger charge is -2.00. The highest BCUT2D eigenvalue weighted by Crippen LogP contribution is 2.26. The van der Waals surface area contributed by atoms with Gasteiger partial charge in [0.15, 0.2) is 5.58 Å². The van der Waals surface area contributed by atoms with E-state index in [0.717, 1.165) is 17.7 Å². The van der Waals surface area contributed by atoms with Crippen LogP contribution in [0.15, 0.2) is 46.9 Å². The number of rotatable bonds is 3. The summed E-state index contributed by atoms with van der Waals surface area (Å²) < 4.78 is 18.8. The van der Waals surface area contributed by atoms with Crippen molar-refractivity contribution in [2.45, 2.75) is 6.92 Å². The first-order valence-corrected chi connectivity index (χ1v) is 6.16. The van der Waals surface area contributed by atoms with Gasteiger partial charge in [0.1, 0.15) is 11.3 Å². The maximum atomic E-state index is 13.2. The maximum absolute atomic E-state index is 13.2. The summed E-state index contributed by atoms with van der Waals surface area (Å²) in [7, 11) is 0. The van der Waals surface area contributed by atoms with Crippen molar-refractivity contribution >= 4 is 16.8 Å². The highest BCUT2D eigenvalue weighted by atomic mass is 19.1. The molecular formula is C15H13FN2O. The van der Waals surface area contributed by atoms with E-state index in [4.69, 9.17) is 4.42 Å². The summed E-state index contributed by atoms with van der Waals surface area (Å²) in [5.74, 6) is 0.135. The van der Waals surface area contributed by atoms with E-state index in [9.17, 15) is 4.39 Å². The summed E-state index contributed by atoms with van der Waals surface area (Å²) in [5, 5.41) is 3.22. The molecule has 0 aliphatic rings. The van der Waals surface area contributed by atoms with E-state index in [0.29, 0.717) is 17.0 Å². The van der Waals surface area contributed by atoms with E-state index in [1.807, 2.05) is 25.1 Å². The number of benzene rings is 2. The fourth-order valence-corrected chi connectivity index (χ4v) is 1.99. The minimum absolute atomic E-state index is 0.298. The molecule has 0 saturated carbocycles. The van der Waals surface area contributed by atoms with Gasteiger partial charge in [-0.2, -0.15) is 0 Å². The predicted octanol–water partition coefficient (Wildman–Crippen LogP) is 4.07. The van der Waals surface area contributed by atoms with Gasteiger partial charge in [0.05, 0.1) is 0 Å². The zero-order valence-corrected chi connectivity index (χ0v) is 10.5. The van der Waals surface area contributed by atoms with Crippen molar-refractivity contribution in [3.05, 3.63) is 48.3 Å². The number of hydrogen-bond acceptors (Lipinski definition) is 3. The third-order valence-electron chi connectivity index (χ3n) is 2.84. The Morgan fingerprint density at radius 2 is 2.11 bits per heavy atom. The molecule has 0 radical (unpaired) electrons. The Bertz CT molecular complexity index is 721. The molecule has 2 aromatic carbocycles. The highest BCUT2D eigenvalue weighted by molar-refractivity contribution is 5.80. The van der Waals surface area contributed by atoms with Gasteiger partial charge in [0.2, 0.25) is 5.89 Å². The van der Waals surface area contributed by atoms with E-state index < -0.39 is 0 Å². The van der Waals surface area contributed by atoms with Gasteiger partial charge in [-0.1, -0.05) is 6.07 Å². The second-order valence-corrected chi connectivity index (χ2v) is 4.24. The average molecular weight is 256 g/mol. The van der Waals surface area contributed by atoms with Crippen molar-refractivity contribution in [1.29, 1.82) is 0 Å². The van der Waals surface area contributed by atoms with E-state index >= 15 is 0 Å². The number of hydrogen-bond donors (Lipinski definition) is 1. The first-order valence-electron chi connectivity index (χ1n) is 6.16. The first kappa shape index (κ1) is 11.7. The average Bonchev–Trinajstić information content (AvgIpc) is 2.82. The molecule has 1 aromatic heterocycles. The van der Waals surface area contributed by atoms with Crippen LogP contribution >= 0.6 is 0 Å². The van der Waals surface area contributed by atoms with E-state index in [-0.39, 0.29) is 5.82 Å². The minimum atomic E-state index is -0.298. The summed E-state index contributed by atoms with van der Waals surface area (Å²) in [4.78, 5) is 4.39. The van der Waals surface area contributed by atoms with Crippen molar-refractivity contribution in [2.24, 2.45) is 0 Å².